The van der Waals surface area contributed by atoms with Crippen LogP contribution in [0.4, 0.5) is 17.1 Å². The summed E-state index contributed by atoms with van der Waals surface area (Å²) in [5, 5.41) is 5.04. The third kappa shape index (κ3) is 6.29. The van der Waals surface area contributed by atoms with Crippen molar-refractivity contribution in [3.8, 4) is 44.8 Å². The number of hydrogen-bond acceptors (Lipinski definition) is 1. The molecule has 0 aliphatic rings. The molecule has 2 aromatic heterocycles. The predicted molar refractivity (Wildman–Crippen MR) is 266 cm³/mol. The van der Waals surface area contributed by atoms with Gasteiger partial charge in [0.15, 0.2) is 0 Å². The Morgan fingerprint density at radius 2 is 0.635 bits per heavy atom. The number of fused-ring (bicyclic) bond motifs is 6. The van der Waals surface area contributed by atoms with Crippen molar-refractivity contribution in [2.45, 2.75) is 0 Å². The minimum Gasteiger partial charge on any atom is -0.311 e. The molecular weight excluding hydrogens is 763 g/mol. The minimum atomic E-state index is 1.08. The molecule has 0 bridgehead atoms. The van der Waals surface area contributed by atoms with E-state index in [-0.39, 0.29) is 0 Å². The van der Waals surface area contributed by atoms with Crippen LogP contribution in [0.15, 0.2) is 249 Å². The average molecular weight is 804 g/mol. The van der Waals surface area contributed by atoms with Gasteiger partial charge in [-0.2, -0.15) is 0 Å². The number of nitrogens with zero attached hydrogens (tertiary/aromatic N) is 3. The summed E-state index contributed by atoms with van der Waals surface area (Å²) in [5.41, 5.74) is 17.5. The fourth-order valence-electron chi connectivity index (χ4n) is 9.59. The molecule has 10 aromatic carbocycles. The summed E-state index contributed by atoms with van der Waals surface area (Å²) >= 11 is 0. The van der Waals surface area contributed by atoms with E-state index < -0.39 is 0 Å². The van der Waals surface area contributed by atoms with E-state index in [9.17, 15) is 0 Å². The van der Waals surface area contributed by atoms with E-state index in [1.807, 2.05) is 0 Å². The highest BCUT2D eigenvalue weighted by Gasteiger charge is 2.18. The van der Waals surface area contributed by atoms with Gasteiger partial charge < -0.3 is 14.0 Å². The Bertz CT molecular complexity index is 3490. The van der Waals surface area contributed by atoms with Crippen LogP contribution in [0.25, 0.3) is 88.4 Å². The molecule has 12 rings (SSSR count). The largest absolute Gasteiger partial charge is 0.311 e. The molecule has 0 saturated carbocycles. The highest BCUT2D eigenvalue weighted by atomic mass is 15.1. The number of anilines is 3. The van der Waals surface area contributed by atoms with Gasteiger partial charge >= 0.3 is 0 Å². The van der Waals surface area contributed by atoms with E-state index in [1.165, 1.54) is 65.9 Å². The van der Waals surface area contributed by atoms with Crippen LogP contribution in [-0.4, -0.2) is 9.13 Å². The van der Waals surface area contributed by atoms with Gasteiger partial charge in [0.1, 0.15) is 0 Å². The maximum absolute atomic E-state index is 2.41. The van der Waals surface area contributed by atoms with Gasteiger partial charge in [0.25, 0.3) is 0 Å². The SMILES string of the molecule is c1ccc(-c2ccc(N(c3ccc(-c4cccc(-n5c6ccccc6c6ccccc65)c4)cc3)c3ccc(-c4ccccc4-n4c5ccccc5c5ccccc54)cc3)cc2)cc1. The van der Waals surface area contributed by atoms with Gasteiger partial charge in [0.2, 0.25) is 0 Å². The smallest absolute Gasteiger partial charge is 0.0541 e. The fourth-order valence-corrected chi connectivity index (χ4v) is 9.59. The van der Waals surface area contributed by atoms with Gasteiger partial charge in [-0.3, -0.25) is 0 Å². The molecule has 63 heavy (non-hydrogen) atoms. The van der Waals surface area contributed by atoms with Crippen LogP contribution in [0.5, 0.6) is 0 Å². The number of rotatable bonds is 8. The molecule has 12 aromatic rings. The van der Waals surface area contributed by atoms with E-state index >= 15 is 0 Å². The van der Waals surface area contributed by atoms with Crippen molar-refractivity contribution in [3.63, 3.8) is 0 Å². The lowest BCUT2D eigenvalue weighted by molar-refractivity contribution is 1.18. The van der Waals surface area contributed by atoms with Gasteiger partial charge in [-0.15, -0.1) is 0 Å². The van der Waals surface area contributed by atoms with Crippen molar-refractivity contribution < 1.29 is 0 Å². The summed E-state index contributed by atoms with van der Waals surface area (Å²) in [7, 11) is 0. The van der Waals surface area contributed by atoms with Crippen LogP contribution in [0.2, 0.25) is 0 Å². The molecule has 296 valence electrons. The summed E-state index contributed by atoms with van der Waals surface area (Å²) in [6, 6.07) is 90.0. The summed E-state index contributed by atoms with van der Waals surface area (Å²) in [6.45, 7) is 0. The summed E-state index contributed by atoms with van der Waals surface area (Å²) in [6.07, 6.45) is 0. The monoisotopic (exact) mass is 803 g/mol. The van der Waals surface area contributed by atoms with Gasteiger partial charge in [0, 0.05) is 49.9 Å². The number of hydrogen-bond donors (Lipinski definition) is 0. The second-order valence-corrected chi connectivity index (χ2v) is 16.1. The van der Waals surface area contributed by atoms with Crippen LogP contribution in [-0.2, 0) is 0 Å². The fraction of sp³-hybridized carbons (Fsp3) is 0. The van der Waals surface area contributed by atoms with Crippen molar-refractivity contribution in [2.75, 3.05) is 4.90 Å². The molecule has 0 amide bonds. The lowest BCUT2D eigenvalue weighted by atomic mass is 10.0. The molecular formula is C60H41N3. The first kappa shape index (κ1) is 36.5. The molecule has 0 radical (unpaired) electrons. The molecule has 0 aliphatic heterocycles. The first-order chi connectivity index (χ1) is 31.3. The molecule has 0 spiro atoms. The molecule has 0 atom stereocenters. The molecule has 0 aliphatic carbocycles. The topological polar surface area (TPSA) is 13.1 Å². The standard InChI is InChI=1S/C60H41N3/c1-2-15-42(16-3-1)43-29-35-47(36-30-43)61(48-37-31-44(32-38-48)46-17-14-18-50(41-46)62-57-25-10-5-20-52(57)53-21-6-11-26-58(53)62)49-39-33-45(34-40-49)51-19-4-9-24-56(51)63-59-27-12-7-22-54(59)55-23-8-13-28-60(55)63/h1-41H. The summed E-state index contributed by atoms with van der Waals surface area (Å²) < 4.78 is 4.79. The zero-order valence-electron chi connectivity index (χ0n) is 34.5. The van der Waals surface area contributed by atoms with Crippen LogP contribution >= 0.6 is 0 Å². The van der Waals surface area contributed by atoms with Crippen molar-refractivity contribution in [2.24, 2.45) is 0 Å². The third-order valence-electron chi connectivity index (χ3n) is 12.5. The highest BCUT2D eigenvalue weighted by Crippen LogP contribution is 2.41. The molecule has 0 N–H and O–H groups in total. The number of benzene rings is 10. The Kier molecular flexibility index (Phi) is 8.83. The molecule has 0 fully saturated rings. The lowest BCUT2D eigenvalue weighted by Crippen LogP contribution is -2.09. The Balaban J connectivity index is 0.930. The molecule has 2 heterocycles. The van der Waals surface area contributed by atoms with Crippen molar-refractivity contribution in [3.05, 3.63) is 249 Å². The minimum absolute atomic E-state index is 1.08. The second kappa shape index (κ2) is 15.3. The Morgan fingerprint density at radius 1 is 0.254 bits per heavy atom. The van der Waals surface area contributed by atoms with E-state index in [2.05, 4.69) is 263 Å². The van der Waals surface area contributed by atoms with Crippen LogP contribution in [0, 0.1) is 0 Å². The molecule has 0 unspecified atom stereocenters. The first-order valence-electron chi connectivity index (χ1n) is 21.6. The first-order valence-corrected chi connectivity index (χ1v) is 21.6. The Morgan fingerprint density at radius 3 is 1.16 bits per heavy atom. The Labute approximate surface area is 366 Å². The quantitative estimate of drug-likeness (QED) is 0.149. The van der Waals surface area contributed by atoms with Crippen LogP contribution in [0.1, 0.15) is 0 Å². The van der Waals surface area contributed by atoms with Crippen molar-refractivity contribution in [1.29, 1.82) is 0 Å². The predicted octanol–water partition coefficient (Wildman–Crippen LogP) is 16.4. The molecule has 3 heteroatoms. The van der Waals surface area contributed by atoms with Gasteiger partial charge in [-0.1, -0.05) is 170 Å². The van der Waals surface area contributed by atoms with Crippen LogP contribution in [0.3, 0.4) is 0 Å². The van der Waals surface area contributed by atoms with E-state index in [4.69, 9.17) is 0 Å². The second-order valence-electron chi connectivity index (χ2n) is 16.1. The van der Waals surface area contributed by atoms with Gasteiger partial charge in [-0.05, 0) is 107 Å². The average Bonchev–Trinajstić information content (AvgIpc) is 3.88. The number of aromatic nitrogens is 2. The maximum Gasteiger partial charge on any atom is 0.0541 e. The van der Waals surface area contributed by atoms with Gasteiger partial charge in [-0.25, -0.2) is 0 Å². The van der Waals surface area contributed by atoms with E-state index in [0.717, 1.165) is 39.6 Å². The van der Waals surface area contributed by atoms with E-state index in [0.29, 0.717) is 0 Å². The lowest BCUT2D eigenvalue weighted by Gasteiger charge is -2.26. The highest BCUT2D eigenvalue weighted by molar-refractivity contribution is 6.10. The molecule has 0 saturated heterocycles. The number of para-hydroxylation sites is 5. The van der Waals surface area contributed by atoms with E-state index in [1.54, 1.807) is 0 Å². The zero-order chi connectivity index (χ0) is 41.7. The Hall–Kier alpha value is -8.40. The third-order valence-corrected chi connectivity index (χ3v) is 12.5. The molecule has 3 nitrogen and oxygen atoms in total. The van der Waals surface area contributed by atoms with Crippen molar-refractivity contribution >= 4 is 60.7 Å². The zero-order valence-corrected chi connectivity index (χ0v) is 34.5. The maximum atomic E-state index is 2.41. The van der Waals surface area contributed by atoms with Gasteiger partial charge in [0.05, 0.1) is 27.8 Å². The summed E-state index contributed by atoms with van der Waals surface area (Å²) in [5.74, 6) is 0. The summed E-state index contributed by atoms with van der Waals surface area (Å²) in [4.78, 5) is 2.36. The van der Waals surface area contributed by atoms with Crippen LogP contribution < -0.4 is 4.90 Å². The van der Waals surface area contributed by atoms with Crippen molar-refractivity contribution in [1.82, 2.24) is 9.13 Å². The normalized spacial score (nSPS) is 11.5.